The van der Waals surface area contributed by atoms with Gasteiger partial charge in [0.15, 0.2) is 0 Å². The van der Waals surface area contributed by atoms with Gasteiger partial charge in [0.2, 0.25) is 11.8 Å². The topological polar surface area (TPSA) is 49.4 Å². The first-order valence-corrected chi connectivity index (χ1v) is 7.89. The Morgan fingerprint density at radius 3 is 2.38 bits per heavy atom. The molecule has 0 aliphatic carbocycles. The molecule has 1 N–H and O–H groups in total. The van der Waals surface area contributed by atoms with Crippen molar-refractivity contribution in [3.05, 3.63) is 57.3 Å². The molecule has 0 aliphatic rings. The predicted molar refractivity (Wildman–Crippen MR) is 94.5 cm³/mol. The summed E-state index contributed by atoms with van der Waals surface area (Å²) in [6.45, 7) is 1.04. The second kappa shape index (κ2) is 7.83. The van der Waals surface area contributed by atoms with E-state index in [2.05, 4.69) is 5.32 Å². The van der Waals surface area contributed by atoms with Crippen LogP contribution < -0.4 is 10.2 Å². The van der Waals surface area contributed by atoms with Crippen LogP contribution in [0.15, 0.2) is 36.4 Å². The van der Waals surface area contributed by atoms with Crippen molar-refractivity contribution in [1.82, 2.24) is 0 Å². The van der Waals surface area contributed by atoms with Gasteiger partial charge in [0, 0.05) is 17.6 Å². The number of carbonyl (C=O) groups excluding carboxylic acids is 2. The summed E-state index contributed by atoms with van der Waals surface area (Å²) < 4.78 is 13.1. The van der Waals surface area contributed by atoms with Crippen molar-refractivity contribution in [1.29, 1.82) is 0 Å². The fourth-order valence-corrected chi connectivity index (χ4v) is 2.68. The van der Waals surface area contributed by atoms with E-state index in [1.165, 1.54) is 30.0 Å². The molecule has 24 heavy (non-hydrogen) atoms. The van der Waals surface area contributed by atoms with Crippen molar-refractivity contribution in [2.45, 2.75) is 6.92 Å². The number of benzene rings is 2. The largest absolute Gasteiger partial charge is 0.324 e. The standard InChI is InChI=1S/C16H12Cl3FN2O2/c1-9(23)22(15-5-2-10(17)6-13(15)19)8-16(24)21-11-3-4-14(20)12(18)7-11/h2-7H,8H2,1H3,(H,21,24). The average molecular weight is 390 g/mol. The van der Waals surface area contributed by atoms with Crippen molar-refractivity contribution in [2.24, 2.45) is 0 Å². The minimum absolute atomic E-state index is 0.114. The van der Waals surface area contributed by atoms with Gasteiger partial charge in [-0.2, -0.15) is 0 Å². The van der Waals surface area contributed by atoms with Crippen LogP contribution in [0, 0.1) is 5.82 Å². The maximum atomic E-state index is 13.1. The number of amides is 2. The summed E-state index contributed by atoms with van der Waals surface area (Å²) in [4.78, 5) is 25.2. The molecule has 2 rings (SSSR count). The van der Waals surface area contributed by atoms with Crippen LogP contribution in [0.4, 0.5) is 15.8 Å². The van der Waals surface area contributed by atoms with Crippen molar-refractivity contribution in [3.8, 4) is 0 Å². The highest BCUT2D eigenvalue weighted by Crippen LogP contribution is 2.29. The molecule has 0 fully saturated rings. The van der Waals surface area contributed by atoms with E-state index in [0.29, 0.717) is 16.4 Å². The van der Waals surface area contributed by atoms with E-state index < -0.39 is 11.7 Å². The Bertz CT molecular complexity index is 799. The molecule has 0 aliphatic heterocycles. The third kappa shape index (κ3) is 4.60. The number of halogens is 4. The minimum Gasteiger partial charge on any atom is -0.324 e. The highest BCUT2D eigenvalue weighted by molar-refractivity contribution is 6.36. The fourth-order valence-electron chi connectivity index (χ4n) is 1.98. The summed E-state index contributed by atoms with van der Waals surface area (Å²) in [6.07, 6.45) is 0. The van der Waals surface area contributed by atoms with Crippen LogP contribution in [0.3, 0.4) is 0 Å². The molecule has 0 unspecified atom stereocenters. The lowest BCUT2D eigenvalue weighted by Crippen LogP contribution is -2.36. The normalized spacial score (nSPS) is 10.4. The lowest BCUT2D eigenvalue weighted by atomic mass is 10.2. The first-order valence-electron chi connectivity index (χ1n) is 6.76. The number of hydrogen-bond acceptors (Lipinski definition) is 2. The average Bonchev–Trinajstić information content (AvgIpc) is 2.49. The third-order valence-electron chi connectivity index (χ3n) is 3.09. The molecule has 8 heteroatoms. The fraction of sp³-hybridized carbons (Fsp3) is 0.125. The monoisotopic (exact) mass is 388 g/mol. The number of carbonyl (C=O) groups is 2. The van der Waals surface area contributed by atoms with E-state index >= 15 is 0 Å². The lowest BCUT2D eigenvalue weighted by molar-refractivity contribution is -0.120. The zero-order valence-corrected chi connectivity index (χ0v) is 14.7. The Hall–Kier alpha value is -1.82. The van der Waals surface area contributed by atoms with Gasteiger partial charge in [-0.3, -0.25) is 9.59 Å². The highest BCUT2D eigenvalue weighted by Gasteiger charge is 2.19. The molecule has 126 valence electrons. The molecule has 0 spiro atoms. The van der Waals surface area contributed by atoms with Crippen molar-refractivity contribution < 1.29 is 14.0 Å². The Labute approximate surface area is 153 Å². The third-order valence-corrected chi connectivity index (χ3v) is 3.91. The molecule has 0 saturated heterocycles. The molecular formula is C16H12Cl3FN2O2. The molecule has 0 saturated carbocycles. The molecular weight excluding hydrogens is 378 g/mol. The Morgan fingerprint density at radius 1 is 1.08 bits per heavy atom. The van der Waals surface area contributed by atoms with Gasteiger partial charge in [-0.1, -0.05) is 34.8 Å². The van der Waals surface area contributed by atoms with Crippen LogP contribution in [0.1, 0.15) is 6.92 Å². The molecule has 0 radical (unpaired) electrons. The number of rotatable bonds is 4. The van der Waals surface area contributed by atoms with Gasteiger partial charge in [-0.25, -0.2) is 4.39 Å². The Balaban J connectivity index is 2.16. The number of hydrogen-bond donors (Lipinski definition) is 1. The zero-order valence-electron chi connectivity index (χ0n) is 12.4. The first-order chi connectivity index (χ1) is 11.3. The van der Waals surface area contributed by atoms with Crippen LogP contribution in [0.2, 0.25) is 15.1 Å². The Morgan fingerprint density at radius 2 is 1.79 bits per heavy atom. The molecule has 0 atom stereocenters. The summed E-state index contributed by atoms with van der Waals surface area (Å²) in [7, 11) is 0. The Kier molecular flexibility index (Phi) is 6.04. The molecule has 2 amide bonds. The van der Waals surface area contributed by atoms with Gasteiger partial charge in [0.1, 0.15) is 12.4 Å². The van der Waals surface area contributed by atoms with Gasteiger partial charge < -0.3 is 10.2 Å². The van der Waals surface area contributed by atoms with Crippen molar-refractivity contribution >= 4 is 58.0 Å². The molecule has 0 heterocycles. The van der Waals surface area contributed by atoms with Crippen LogP contribution >= 0.6 is 34.8 Å². The number of anilines is 2. The van der Waals surface area contributed by atoms with Gasteiger partial charge >= 0.3 is 0 Å². The smallest absolute Gasteiger partial charge is 0.244 e. The molecule has 2 aromatic rings. The molecule has 2 aromatic carbocycles. The quantitative estimate of drug-likeness (QED) is 0.818. The van der Waals surface area contributed by atoms with E-state index in [1.807, 2.05) is 0 Å². The first kappa shape index (κ1) is 18.5. The van der Waals surface area contributed by atoms with Crippen molar-refractivity contribution in [3.63, 3.8) is 0 Å². The van der Waals surface area contributed by atoms with E-state index in [0.717, 1.165) is 6.07 Å². The molecule has 4 nitrogen and oxygen atoms in total. The summed E-state index contributed by atoms with van der Waals surface area (Å²) >= 11 is 17.6. The highest BCUT2D eigenvalue weighted by atomic mass is 35.5. The van der Waals surface area contributed by atoms with E-state index in [-0.39, 0.29) is 22.5 Å². The second-order valence-corrected chi connectivity index (χ2v) is 6.13. The predicted octanol–water partition coefficient (Wildman–Crippen LogP) is 4.78. The van der Waals surface area contributed by atoms with E-state index in [4.69, 9.17) is 34.8 Å². The number of nitrogens with zero attached hydrogens (tertiary/aromatic N) is 1. The van der Waals surface area contributed by atoms with Crippen molar-refractivity contribution in [2.75, 3.05) is 16.8 Å². The minimum atomic E-state index is -0.590. The van der Waals surface area contributed by atoms with E-state index in [1.54, 1.807) is 12.1 Å². The van der Waals surface area contributed by atoms with Crippen LogP contribution in [0.5, 0.6) is 0 Å². The summed E-state index contributed by atoms with van der Waals surface area (Å²) in [5.74, 6) is -1.45. The van der Waals surface area contributed by atoms with Gasteiger partial charge in [-0.15, -0.1) is 0 Å². The molecule has 0 bridgehead atoms. The van der Waals surface area contributed by atoms with Crippen LogP contribution in [-0.4, -0.2) is 18.4 Å². The van der Waals surface area contributed by atoms with E-state index in [9.17, 15) is 14.0 Å². The van der Waals surface area contributed by atoms with Crippen LogP contribution in [-0.2, 0) is 9.59 Å². The second-order valence-electron chi connectivity index (χ2n) is 4.88. The SMILES string of the molecule is CC(=O)N(CC(=O)Nc1ccc(F)c(Cl)c1)c1ccc(Cl)cc1Cl. The maximum Gasteiger partial charge on any atom is 0.244 e. The molecule has 0 aromatic heterocycles. The van der Waals surface area contributed by atoms with Gasteiger partial charge in [-0.05, 0) is 36.4 Å². The van der Waals surface area contributed by atoms with Crippen LogP contribution in [0.25, 0.3) is 0 Å². The maximum absolute atomic E-state index is 13.1. The summed E-state index contributed by atoms with van der Waals surface area (Å²) in [6, 6.07) is 8.38. The zero-order chi connectivity index (χ0) is 17.9. The summed E-state index contributed by atoms with van der Waals surface area (Å²) in [5, 5.41) is 3.09. The number of nitrogens with one attached hydrogen (secondary N) is 1. The van der Waals surface area contributed by atoms with Gasteiger partial charge in [0.05, 0.1) is 15.7 Å². The lowest BCUT2D eigenvalue weighted by Gasteiger charge is -2.22. The summed E-state index contributed by atoms with van der Waals surface area (Å²) in [5.41, 5.74) is 0.679. The van der Waals surface area contributed by atoms with Gasteiger partial charge in [0.25, 0.3) is 0 Å².